The molecule has 0 saturated heterocycles. The summed E-state index contributed by atoms with van der Waals surface area (Å²) >= 11 is 12.2. The zero-order valence-electron chi connectivity index (χ0n) is 11.4. The average molecular weight is 306 g/mol. The third-order valence-corrected chi connectivity index (χ3v) is 4.73. The molecule has 1 aliphatic carbocycles. The molecule has 0 unspecified atom stereocenters. The maximum absolute atomic E-state index is 6.15. The molecule has 1 fully saturated rings. The number of hydrogen-bond acceptors (Lipinski definition) is 1. The Bertz CT molecular complexity index is 618. The molecule has 20 heavy (non-hydrogen) atoms. The third kappa shape index (κ3) is 2.79. The summed E-state index contributed by atoms with van der Waals surface area (Å²) in [5.41, 5.74) is 3.62. The molecule has 0 amide bonds. The first-order valence-electron chi connectivity index (χ1n) is 6.90. The van der Waals surface area contributed by atoms with E-state index >= 15 is 0 Å². The number of rotatable bonds is 3. The van der Waals surface area contributed by atoms with Crippen LogP contribution in [0.4, 0.5) is 5.69 Å². The Labute approximate surface area is 129 Å². The van der Waals surface area contributed by atoms with Crippen LogP contribution in [0.15, 0.2) is 42.5 Å². The van der Waals surface area contributed by atoms with Gasteiger partial charge in [0.05, 0.1) is 0 Å². The highest BCUT2D eigenvalue weighted by molar-refractivity contribution is 6.31. The number of benzene rings is 2. The van der Waals surface area contributed by atoms with Gasteiger partial charge in [0.25, 0.3) is 0 Å². The Morgan fingerprint density at radius 1 is 1.05 bits per heavy atom. The lowest BCUT2D eigenvalue weighted by Crippen LogP contribution is -2.34. The van der Waals surface area contributed by atoms with Gasteiger partial charge in [-0.2, -0.15) is 0 Å². The van der Waals surface area contributed by atoms with Crippen LogP contribution in [0, 0.1) is 6.92 Å². The van der Waals surface area contributed by atoms with Gasteiger partial charge >= 0.3 is 0 Å². The molecule has 1 nitrogen and oxygen atoms in total. The lowest BCUT2D eigenvalue weighted by molar-refractivity contribution is 0.374. The van der Waals surface area contributed by atoms with E-state index in [1.54, 1.807) is 0 Å². The maximum Gasteiger partial charge on any atom is 0.0455 e. The van der Waals surface area contributed by atoms with Gasteiger partial charge in [-0.05, 0) is 61.1 Å². The van der Waals surface area contributed by atoms with Gasteiger partial charge in [-0.25, -0.2) is 0 Å². The monoisotopic (exact) mass is 305 g/mol. The lowest BCUT2D eigenvalue weighted by Gasteiger charge is -2.37. The van der Waals surface area contributed by atoms with Crippen molar-refractivity contribution in [2.45, 2.75) is 31.7 Å². The van der Waals surface area contributed by atoms with Crippen LogP contribution < -0.4 is 5.32 Å². The van der Waals surface area contributed by atoms with E-state index in [4.69, 9.17) is 23.2 Å². The van der Waals surface area contributed by atoms with Crippen LogP contribution >= 0.6 is 23.2 Å². The quantitative estimate of drug-likeness (QED) is 0.771. The molecular weight excluding hydrogens is 289 g/mol. The van der Waals surface area contributed by atoms with E-state index in [-0.39, 0.29) is 0 Å². The Hall–Kier alpha value is -1.18. The van der Waals surface area contributed by atoms with Crippen LogP contribution in [-0.2, 0) is 0 Å². The van der Waals surface area contributed by atoms with Crippen molar-refractivity contribution in [3.05, 3.63) is 63.6 Å². The van der Waals surface area contributed by atoms with Crippen molar-refractivity contribution >= 4 is 28.9 Å². The topological polar surface area (TPSA) is 12.0 Å². The zero-order chi connectivity index (χ0) is 14.1. The van der Waals surface area contributed by atoms with Crippen LogP contribution in [0.2, 0.25) is 10.0 Å². The van der Waals surface area contributed by atoms with Gasteiger partial charge in [0, 0.05) is 21.8 Å². The fourth-order valence-corrected chi connectivity index (χ4v) is 3.13. The van der Waals surface area contributed by atoms with Gasteiger partial charge in [0.2, 0.25) is 0 Å². The summed E-state index contributed by atoms with van der Waals surface area (Å²) in [6.45, 7) is 2.05. The van der Waals surface area contributed by atoms with Crippen molar-refractivity contribution in [1.29, 1.82) is 0 Å². The fraction of sp³-hybridized carbons (Fsp3) is 0.294. The predicted octanol–water partition coefficient (Wildman–Crippen LogP) is 5.66. The van der Waals surface area contributed by atoms with Crippen molar-refractivity contribution in [3.8, 4) is 0 Å². The highest BCUT2D eigenvalue weighted by atomic mass is 35.5. The summed E-state index contributed by atoms with van der Waals surface area (Å²) in [6, 6.07) is 14.7. The minimum Gasteiger partial charge on any atom is -0.382 e. The van der Waals surface area contributed by atoms with E-state index < -0.39 is 0 Å². The van der Waals surface area contributed by atoms with Crippen LogP contribution in [0.5, 0.6) is 0 Å². The van der Waals surface area contributed by atoms with Crippen LogP contribution in [0.3, 0.4) is 0 Å². The number of hydrogen-bond donors (Lipinski definition) is 1. The van der Waals surface area contributed by atoms with E-state index in [0.29, 0.717) is 12.0 Å². The molecule has 0 bridgehead atoms. The van der Waals surface area contributed by atoms with Crippen LogP contribution in [-0.4, -0.2) is 6.04 Å². The van der Waals surface area contributed by atoms with Gasteiger partial charge in [0.1, 0.15) is 0 Å². The SMILES string of the molecule is Cc1c(Cl)cccc1NC1CC(c2cccc(Cl)c2)C1. The summed E-state index contributed by atoms with van der Waals surface area (Å²) in [6.07, 6.45) is 2.29. The van der Waals surface area contributed by atoms with Crippen molar-refractivity contribution in [2.24, 2.45) is 0 Å². The minimum absolute atomic E-state index is 0.524. The third-order valence-electron chi connectivity index (χ3n) is 4.09. The average Bonchev–Trinajstić information content (AvgIpc) is 2.38. The van der Waals surface area contributed by atoms with E-state index in [0.717, 1.165) is 34.1 Å². The Balaban J connectivity index is 1.62. The number of anilines is 1. The number of nitrogens with one attached hydrogen (secondary N) is 1. The summed E-state index contributed by atoms with van der Waals surface area (Å²) in [4.78, 5) is 0. The molecule has 0 aromatic heterocycles. The first-order valence-corrected chi connectivity index (χ1v) is 7.66. The largest absolute Gasteiger partial charge is 0.382 e. The molecule has 2 aromatic carbocycles. The predicted molar refractivity (Wildman–Crippen MR) is 87.0 cm³/mol. The molecule has 3 rings (SSSR count). The first kappa shape index (κ1) is 13.8. The molecule has 0 heterocycles. The number of halogens is 2. The van der Waals surface area contributed by atoms with Gasteiger partial charge < -0.3 is 5.32 Å². The normalized spacial score (nSPS) is 21.4. The van der Waals surface area contributed by atoms with Crippen LogP contribution in [0.1, 0.15) is 29.9 Å². The van der Waals surface area contributed by atoms with Crippen molar-refractivity contribution in [1.82, 2.24) is 0 Å². The van der Waals surface area contributed by atoms with Gasteiger partial charge in [-0.15, -0.1) is 0 Å². The Morgan fingerprint density at radius 3 is 2.55 bits per heavy atom. The summed E-state index contributed by atoms with van der Waals surface area (Å²) in [5.74, 6) is 0.616. The molecule has 1 aliphatic rings. The Morgan fingerprint density at radius 2 is 1.80 bits per heavy atom. The molecule has 0 atom stereocenters. The first-order chi connectivity index (χ1) is 9.63. The van der Waals surface area contributed by atoms with E-state index in [1.807, 2.05) is 24.3 Å². The molecule has 104 valence electrons. The molecule has 1 saturated carbocycles. The molecule has 0 aliphatic heterocycles. The van der Waals surface area contributed by atoms with E-state index in [1.165, 1.54) is 5.56 Å². The zero-order valence-corrected chi connectivity index (χ0v) is 12.9. The molecule has 1 N–H and O–H groups in total. The smallest absolute Gasteiger partial charge is 0.0455 e. The standard InChI is InChI=1S/C17H17Cl2N/c1-11-16(19)6-3-7-17(11)20-15-9-13(10-15)12-4-2-5-14(18)8-12/h2-8,13,15,20H,9-10H2,1H3. The maximum atomic E-state index is 6.15. The second kappa shape index (κ2) is 5.67. The van der Waals surface area contributed by atoms with Crippen molar-refractivity contribution in [2.75, 3.05) is 5.32 Å². The summed E-state index contributed by atoms with van der Waals surface area (Å²) in [7, 11) is 0. The molecule has 3 heteroatoms. The van der Waals surface area contributed by atoms with E-state index in [9.17, 15) is 0 Å². The highest BCUT2D eigenvalue weighted by Crippen LogP contribution is 2.39. The fourth-order valence-electron chi connectivity index (χ4n) is 2.75. The second-order valence-electron chi connectivity index (χ2n) is 5.48. The molecule has 0 radical (unpaired) electrons. The van der Waals surface area contributed by atoms with Crippen molar-refractivity contribution in [3.63, 3.8) is 0 Å². The highest BCUT2D eigenvalue weighted by Gasteiger charge is 2.30. The molecule has 2 aromatic rings. The van der Waals surface area contributed by atoms with Gasteiger partial charge in [-0.3, -0.25) is 0 Å². The second-order valence-corrected chi connectivity index (χ2v) is 6.32. The van der Waals surface area contributed by atoms with Gasteiger partial charge in [-0.1, -0.05) is 41.4 Å². The van der Waals surface area contributed by atoms with Gasteiger partial charge in [0.15, 0.2) is 0 Å². The minimum atomic E-state index is 0.524. The Kier molecular flexibility index (Phi) is 3.91. The summed E-state index contributed by atoms with van der Waals surface area (Å²) < 4.78 is 0. The summed E-state index contributed by atoms with van der Waals surface area (Å²) in [5, 5.41) is 5.23. The lowest BCUT2D eigenvalue weighted by atomic mass is 9.76. The molecule has 0 spiro atoms. The van der Waals surface area contributed by atoms with Crippen molar-refractivity contribution < 1.29 is 0 Å². The van der Waals surface area contributed by atoms with Crippen LogP contribution in [0.25, 0.3) is 0 Å². The van der Waals surface area contributed by atoms with E-state index in [2.05, 4.69) is 30.4 Å². The molecular formula is C17H17Cl2N.